The third kappa shape index (κ3) is 2.55. The molecular formula is C10H11Cl2NO2. The lowest BCUT2D eigenvalue weighted by molar-refractivity contribution is -0.138. The predicted octanol–water partition coefficient (Wildman–Crippen LogP) is 2.57. The van der Waals surface area contributed by atoms with Gasteiger partial charge in [0.1, 0.15) is 6.04 Å². The number of carboxylic acids is 1. The van der Waals surface area contributed by atoms with Crippen molar-refractivity contribution in [2.45, 2.75) is 18.9 Å². The zero-order chi connectivity index (χ0) is 10.1. The number of carboxylic acid groups (broad SMARTS) is 1. The number of anilines is 1. The van der Waals surface area contributed by atoms with Gasteiger partial charge in [-0.2, -0.15) is 0 Å². The van der Waals surface area contributed by atoms with Gasteiger partial charge in [-0.3, -0.25) is 0 Å². The SMILES string of the molecule is Cl.O=C(O)C1CCc2cc(Cl)ccc2N1. The lowest BCUT2D eigenvalue weighted by Crippen LogP contribution is -2.33. The number of benzene rings is 1. The van der Waals surface area contributed by atoms with Crippen LogP contribution in [-0.2, 0) is 11.2 Å². The van der Waals surface area contributed by atoms with Crippen molar-refractivity contribution in [1.29, 1.82) is 0 Å². The number of halogens is 2. The highest BCUT2D eigenvalue weighted by atomic mass is 35.5. The molecule has 1 aromatic carbocycles. The Morgan fingerprint density at radius 1 is 1.53 bits per heavy atom. The largest absolute Gasteiger partial charge is 0.480 e. The second kappa shape index (κ2) is 4.73. The molecule has 15 heavy (non-hydrogen) atoms. The second-order valence-corrected chi connectivity index (χ2v) is 3.81. The summed E-state index contributed by atoms with van der Waals surface area (Å²) in [6, 6.07) is 5.00. The van der Waals surface area contributed by atoms with Gasteiger partial charge in [0.05, 0.1) is 0 Å². The van der Waals surface area contributed by atoms with Gasteiger partial charge in [-0.25, -0.2) is 4.79 Å². The van der Waals surface area contributed by atoms with E-state index in [-0.39, 0.29) is 12.4 Å². The molecule has 0 radical (unpaired) electrons. The van der Waals surface area contributed by atoms with Crippen LogP contribution in [0.4, 0.5) is 5.69 Å². The first-order chi connectivity index (χ1) is 6.66. The number of hydrogen-bond acceptors (Lipinski definition) is 2. The molecule has 2 N–H and O–H groups in total. The molecule has 0 saturated heterocycles. The van der Waals surface area contributed by atoms with Gasteiger partial charge in [0.25, 0.3) is 0 Å². The van der Waals surface area contributed by atoms with Crippen LogP contribution in [0.15, 0.2) is 18.2 Å². The number of carbonyl (C=O) groups is 1. The molecule has 0 aliphatic carbocycles. The Morgan fingerprint density at radius 2 is 2.27 bits per heavy atom. The van der Waals surface area contributed by atoms with E-state index in [4.69, 9.17) is 16.7 Å². The van der Waals surface area contributed by atoms with E-state index in [1.165, 1.54) is 0 Å². The maximum atomic E-state index is 10.7. The second-order valence-electron chi connectivity index (χ2n) is 3.38. The van der Waals surface area contributed by atoms with Crippen molar-refractivity contribution >= 4 is 35.7 Å². The summed E-state index contributed by atoms with van der Waals surface area (Å²) in [5.74, 6) is -0.800. The van der Waals surface area contributed by atoms with Gasteiger partial charge >= 0.3 is 5.97 Å². The zero-order valence-corrected chi connectivity index (χ0v) is 9.44. The van der Waals surface area contributed by atoms with Crippen LogP contribution in [0.3, 0.4) is 0 Å². The quantitative estimate of drug-likeness (QED) is 0.802. The van der Waals surface area contributed by atoms with Crippen molar-refractivity contribution in [2.75, 3.05) is 5.32 Å². The van der Waals surface area contributed by atoms with Crippen LogP contribution in [0.2, 0.25) is 5.02 Å². The van der Waals surface area contributed by atoms with Crippen LogP contribution < -0.4 is 5.32 Å². The molecule has 82 valence electrons. The number of hydrogen-bond donors (Lipinski definition) is 2. The first-order valence-electron chi connectivity index (χ1n) is 4.44. The zero-order valence-electron chi connectivity index (χ0n) is 7.87. The summed E-state index contributed by atoms with van der Waals surface area (Å²) in [7, 11) is 0. The Bertz CT molecular complexity index is 382. The van der Waals surface area contributed by atoms with E-state index in [9.17, 15) is 4.79 Å². The van der Waals surface area contributed by atoms with Crippen LogP contribution in [0.1, 0.15) is 12.0 Å². The van der Waals surface area contributed by atoms with Crippen molar-refractivity contribution in [2.24, 2.45) is 0 Å². The molecule has 0 fully saturated rings. The number of aliphatic carboxylic acids is 1. The molecule has 0 saturated carbocycles. The van der Waals surface area contributed by atoms with Crippen molar-refractivity contribution in [3.8, 4) is 0 Å². The van der Waals surface area contributed by atoms with Gasteiger partial charge in [0.2, 0.25) is 0 Å². The first-order valence-corrected chi connectivity index (χ1v) is 4.82. The van der Waals surface area contributed by atoms with Gasteiger partial charge < -0.3 is 10.4 Å². The van der Waals surface area contributed by atoms with E-state index in [0.29, 0.717) is 11.4 Å². The Balaban J connectivity index is 0.00000112. The molecule has 0 bridgehead atoms. The molecule has 1 aliphatic rings. The van der Waals surface area contributed by atoms with E-state index < -0.39 is 12.0 Å². The molecule has 5 heteroatoms. The highest BCUT2D eigenvalue weighted by molar-refractivity contribution is 6.30. The van der Waals surface area contributed by atoms with Gasteiger partial charge in [-0.05, 0) is 36.6 Å². The summed E-state index contributed by atoms with van der Waals surface area (Å²) < 4.78 is 0. The van der Waals surface area contributed by atoms with Gasteiger partial charge in [0.15, 0.2) is 0 Å². The number of nitrogens with one attached hydrogen (secondary N) is 1. The molecule has 1 aromatic rings. The van der Waals surface area contributed by atoms with Crippen LogP contribution in [0.5, 0.6) is 0 Å². The number of aryl methyl sites for hydroxylation is 1. The van der Waals surface area contributed by atoms with E-state index >= 15 is 0 Å². The molecule has 3 nitrogen and oxygen atoms in total. The first kappa shape index (κ1) is 12.1. The van der Waals surface area contributed by atoms with Crippen molar-refractivity contribution in [1.82, 2.24) is 0 Å². The minimum Gasteiger partial charge on any atom is -0.480 e. The van der Waals surface area contributed by atoms with Crippen LogP contribution >= 0.6 is 24.0 Å². The topological polar surface area (TPSA) is 49.3 Å². The molecule has 0 amide bonds. The molecule has 1 atom stereocenters. The molecular weight excluding hydrogens is 237 g/mol. The van der Waals surface area contributed by atoms with E-state index in [1.54, 1.807) is 6.07 Å². The fourth-order valence-corrected chi connectivity index (χ4v) is 1.85. The Morgan fingerprint density at radius 3 is 2.93 bits per heavy atom. The van der Waals surface area contributed by atoms with E-state index in [0.717, 1.165) is 17.7 Å². The minimum absolute atomic E-state index is 0. The summed E-state index contributed by atoms with van der Waals surface area (Å²) in [5, 5.41) is 12.5. The van der Waals surface area contributed by atoms with Gasteiger partial charge in [0, 0.05) is 10.7 Å². The average Bonchev–Trinajstić information content (AvgIpc) is 2.16. The minimum atomic E-state index is -0.800. The monoisotopic (exact) mass is 247 g/mol. The maximum absolute atomic E-state index is 10.7. The summed E-state index contributed by atoms with van der Waals surface area (Å²) >= 11 is 5.83. The third-order valence-electron chi connectivity index (χ3n) is 2.40. The molecule has 0 aromatic heterocycles. The van der Waals surface area contributed by atoms with Crippen molar-refractivity contribution < 1.29 is 9.90 Å². The summed E-state index contributed by atoms with van der Waals surface area (Å²) in [6.07, 6.45) is 1.38. The molecule has 1 heterocycles. The maximum Gasteiger partial charge on any atom is 0.326 e. The van der Waals surface area contributed by atoms with Crippen LogP contribution in [0.25, 0.3) is 0 Å². The standard InChI is InChI=1S/C10H10ClNO2.ClH/c11-7-2-4-8-6(5-7)1-3-9(12-8)10(13)14;/h2,4-5,9,12H,1,3H2,(H,13,14);1H. The van der Waals surface area contributed by atoms with Crippen molar-refractivity contribution in [3.63, 3.8) is 0 Å². The summed E-state index contributed by atoms with van der Waals surface area (Å²) in [6.45, 7) is 0. The van der Waals surface area contributed by atoms with E-state index in [1.807, 2.05) is 12.1 Å². The van der Waals surface area contributed by atoms with Crippen LogP contribution in [-0.4, -0.2) is 17.1 Å². The predicted molar refractivity (Wildman–Crippen MR) is 62.1 cm³/mol. The number of rotatable bonds is 1. The van der Waals surface area contributed by atoms with E-state index in [2.05, 4.69) is 5.32 Å². The Hall–Kier alpha value is -0.930. The molecule has 1 unspecified atom stereocenters. The fraction of sp³-hybridized carbons (Fsp3) is 0.300. The summed E-state index contributed by atoms with van der Waals surface area (Å²) in [4.78, 5) is 10.7. The highest BCUT2D eigenvalue weighted by Crippen LogP contribution is 2.27. The van der Waals surface area contributed by atoms with Crippen LogP contribution in [0, 0.1) is 0 Å². The smallest absolute Gasteiger partial charge is 0.326 e. The molecule has 0 spiro atoms. The van der Waals surface area contributed by atoms with Gasteiger partial charge in [-0.15, -0.1) is 12.4 Å². The normalized spacial score (nSPS) is 18.3. The lowest BCUT2D eigenvalue weighted by Gasteiger charge is -2.23. The van der Waals surface area contributed by atoms with Crippen molar-refractivity contribution in [3.05, 3.63) is 28.8 Å². The average molecular weight is 248 g/mol. The number of fused-ring (bicyclic) bond motifs is 1. The van der Waals surface area contributed by atoms with Gasteiger partial charge in [-0.1, -0.05) is 11.6 Å². The molecule has 1 aliphatic heterocycles. The third-order valence-corrected chi connectivity index (χ3v) is 2.63. The highest BCUT2D eigenvalue weighted by Gasteiger charge is 2.22. The Kier molecular flexibility index (Phi) is 3.83. The lowest BCUT2D eigenvalue weighted by atomic mass is 9.98. The summed E-state index contributed by atoms with van der Waals surface area (Å²) in [5.41, 5.74) is 1.98. The fourth-order valence-electron chi connectivity index (χ4n) is 1.65. The molecule has 2 rings (SSSR count). The Labute approximate surface area is 98.8 Å².